The number of hydrogen-bond acceptors (Lipinski definition) is 3. The van der Waals surface area contributed by atoms with Gasteiger partial charge in [0, 0.05) is 16.9 Å². The van der Waals surface area contributed by atoms with E-state index in [0.717, 1.165) is 4.88 Å². The van der Waals surface area contributed by atoms with Gasteiger partial charge in [0.05, 0.1) is 6.61 Å². The smallest absolute Gasteiger partial charge is 0.111 e. The zero-order valence-corrected chi connectivity index (χ0v) is 8.56. The summed E-state index contributed by atoms with van der Waals surface area (Å²) in [6.07, 6.45) is 3.23. The summed E-state index contributed by atoms with van der Waals surface area (Å²) >= 11 is 1.74. The molecule has 0 fully saturated rings. The quantitative estimate of drug-likeness (QED) is 0.804. The van der Waals surface area contributed by atoms with Crippen LogP contribution in [0.15, 0.2) is 6.07 Å². The first-order valence-corrected chi connectivity index (χ1v) is 5.41. The van der Waals surface area contributed by atoms with Gasteiger partial charge in [-0.15, -0.1) is 11.3 Å². The number of rotatable bonds is 3. The number of hydrogen-bond donors (Lipinski definition) is 1. The first-order valence-electron chi connectivity index (χ1n) is 4.59. The van der Waals surface area contributed by atoms with Crippen LogP contribution >= 0.6 is 11.3 Å². The average Bonchev–Trinajstić information content (AvgIpc) is 2.61. The molecule has 0 aliphatic heterocycles. The van der Waals surface area contributed by atoms with Gasteiger partial charge in [-0.2, -0.15) is 0 Å². The zero-order valence-electron chi connectivity index (χ0n) is 7.75. The summed E-state index contributed by atoms with van der Waals surface area (Å²) < 4.78 is 4.92. The molecule has 1 heterocycles. The standard InChI is InChI=1S/C10H14O2S/c1-12-6-8(11)10-5-7-3-2-4-9(7)13-10/h5,8,11H,2-4,6H2,1H3. The summed E-state index contributed by atoms with van der Waals surface area (Å²) in [5.41, 5.74) is 1.44. The van der Waals surface area contributed by atoms with Gasteiger partial charge in [0.2, 0.25) is 0 Å². The van der Waals surface area contributed by atoms with E-state index in [4.69, 9.17) is 4.74 Å². The molecule has 0 aromatic carbocycles. The summed E-state index contributed by atoms with van der Waals surface area (Å²) in [6.45, 7) is 0.402. The van der Waals surface area contributed by atoms with E-state index in [9.17, 15) is 5.11 Å². The summed E-state index contributed by atoms with van der Waals surface area (Å²) in [7, 11) is 1.62. The SMILES string of the molecule is COCC(O)c1cc2c(s1)CCC2. The molecule has 72 valence electrons. The lowest BCUT2D eigenvalue weighted by Gasteiger charge is -2.05. The van der Waals surface area contributed by atoms with Crippen LogP contribution in [0, 0.1) is 0 Å². The van der Waals surface area contributed by atoms with E-state index < -0.39 is 6.10 Å². The maximum Gasteiger partial charge on any atom is 0.111 e. The van der Waals surface area contributed by atoms with Crippen LogP contribution in [0.4, 0.5) is 0 Å². The summed E-state index contributed by atoms with van der Waals surface area (Å²) in [4.78, 5) is 2.52. The molecule has 0 saturated heterocycles. The normalized spacial score (nSPS) is 17.4. The minimum Gasteiger partial charge on any atom is -0.385 e. The Kier molecular flexibility index (Phi) is 2.67. The monoisotopic (exact) mass is 198 g/mol. The van der Waals surface area contributed by atoms with E-state index in [1.165, 1.54) is 29.7 Å². The lowest BCUT2D eigenvalue weighted by molar-refractivity contribution is 0.0666. The number of thiophene rings is 1. The number of aliphatic hydroxyl groups is 1. The van der Waals surface area contributed by atoms with Crippen molar-refractivity contribution in [2.24, 2.45) is 0 Å². The van der Waals surface area contributed by atoms with E-state index in [0.29, 0.717) is 6.61 Å². The van der Waals surface area contributed by atoms with Crippen molar-refractivity contribution >= 4 is 11.3 Å². The molecule has 1 N–H and O–H groups in total. The maximum atomic E-state index is 9.66. The lowest BCUT2D eigenvalue weighted by Crippen LogP contribution is -2.02. The van der Waals surface area contributed by atoms with Crippen LogP contribution in [-0.4, -0.2) is 18.8 Å². The third kappa shape index (κ3) is 1.77. The Labute approximate surface area is 82.2 Å². The number of ether oxygens (including phenoxy) is 1. The second kappa shape index (κ2) is 3.78. The van der Waals surface area contributed by atoms with Crippen molar-refractivity contribution < 1.29 is 9.84 Å². The van der Waals surface area contributed by atoms with Crippen molar-refractivity contribution in [1.82, 2.24) is 0 Å². The Hall–Kier alpha value is -0.380. The van der Waals surface area contributed by atoms with Gasteiger partial charge >= 0.3 is 0 Å². The van der Waals surface area contributed by atoms with Crippen LogP contribution in [0.3, 0.4) is 0 Å². The Morgan fingerprint density at radius 1 is 1.62 bits per heavy atom. The molecule has 1 aliphatic carbocycles. The molecule has 13 heavy (non-hydrogen) atoms. The largest absolute Gasteiger partial charge is 0.385 e. The predicted molar refractivity (Wildman–Crippen MR) is 53.2 cm³/mol. The molecule has 1 atom stereocenters. The van der Waals surface area contributed by atoms with Crippen LogP contribution in [0.1, 0.15) is 27.8 Å². The van der Waals surface area contributed by atoms with Gasteiger partial charge in [-0.05, 0) is 30.9 Å². The van der Waals surface area contributed by atoms with Gasteiger partial charge in [-0.25, -0.2) is 0 Å². The van der Waals surface area contributed by atoms with E-state index in [1.54, 1.807) is 18.4 Å². The van der Waals surface area contributed by atoms with Gasteiger partial charge < -0.3 is 9.84 Å². The Morgan fingerprint density at radius 2 is 2.46 bits per heavy atom. The molecule has 1 aromatic heterocycles. The summed E-state index contributed by atoms with van der Waals surface area (Å²) in [5, 5.41) is 9.66. The lowest BCUT2D eigenvalue weighted by atomic mass is 10.2. The fourth-order valence-corrected chi connectivity index (χ4v) is 2.98. The van der Waals surface area contributed by atoms with Gasteiger partial charge in [0.25, 0.3) is 0 Å². The average molecular weight is 198 g/mol. The van der Waals surface area contributed by atoms with Crippen LogP contribution in [0.5, 0.6) is 0 Å². The van der Waals surface area contributed by atoms with Crippen molar-refractivity contribution in [3.05, 3.63) is 21.4 Å². The molecular weight excluding hydrogens is 184 g/mol. The van der Waals surface area contributed by atoms with Crippen molar-refractivity contribution in [2.75, 3.05) is 13.7 Å². The van der Waals surface area contributed by atoms with Crippen LogP contribution in [0.2, 0.25) is 0 Å². The molecule has 1 aliphatic rings. The Bertz CT molecular complexity index is 272. The molecule has 2 nitrogen and oxygen atoms in total. The highest BCUT2D eigenvalue weighted by atomic mass is 32.1. The van der Waals surface area contributed by atoms with E-state index in [-0.39, 0.29) is 0 Å². The third-order valence-electron chi connectivity index (χ3n) is 2.42. The van der Waals surface area contributed by atoms with E-state index >= 15 is 0 Å². The number of aliphatic hydroxyl groups excluding tert-OH is 1. The first kappa shape index (κ1) is 9.19. The van der Waals surface area contributed by atoms with Crippen molar-refractivity contribution in [2.45, 2.75) is 25.4 Å². The first-order chi connectivity index (χ1) is 6.31. The molecule has 0 radical (unpaired) electrons. The fraction of sp³-hybridized carbons (Fsp3) is 0.600. The minimum atomic E-state index is -0.430. The molecule has 1 unspecified atom stereocenters. The molecular formula is C10H14O2S. The maximum absolute atomic E-state index is 9.66. The predicted octanol–water partition coefficient (Wildman–Crippen LogP) is 1.92. The van der Waals surface area contributed by atoms with Gasteiger partial charge in [-0.3, -0.25) is 0 Å². The number of fused-ring (bicyclic) bond motifs is 1. The molecule has 1 aromatic rings. The highest BCUT2D eigenvalue weighted by molar-refractivity contribution is 7.12. The molecule has 0 amide bonds. The van der Waals surface area contributed by atoms with E-state index in [2.05, 4.69) is 6.07 Å². The van der Waals surface area contributed by atoms with Crippen molar-refractivity contribution in [1.29, 1.82) is 0 Å². The number of methoxy groups -OCH3 is 1. The summed E-state index contributed by atoms with van der Waals surface area (Å²) in [5.74, 6) is 0. The Balaban J connectivity index is 2.13. The molecule has 0 spiro atoms. The molecule has 2 rings (SSSR count). The fourth-order valence-electron chi connectivity index (χ4n) is 1.76. The summed E-state index contributed by atoms with van der Waals surface area (Å²) in [6, 6.07) is 2.14. The zero-order chi connectivity index (χ0) is 9.26. The van der Waals surface area contributed by atoms with Crippen LogP contribution in [-0.2, 0) is 17.6 Å². The second-order valence-corrected chi connectivity index (χ2v) is 4.59. The molecule has 3 heteroatoms. The molecule has 0 saturated carbocycles. The topological polar surface area (TPSA) is 29.5 Å². The Morgan fingerprint density at radius 3 is 3.15 bits per heavy atom. The van der Waals surface area contributed by atoms with Gasteiger partial charge in [0.15, 0.2) is 0 Å². The van der Waals surface area contributed by atoms with Crippen LogP contribution < -0.4 is 0 Å². The molecule has 0 bridgehead atoms. The minimum absolute atomic E-state index is 0.402. The van der Waals surface area contributed by atoms with Gasteiger partial charge in [0.1, 0.15) is 6.10 Å². The highest BCUT2D eigenvalue weighted by Gasteiger charge is 2.18. The van der Waals surface area contributed by atoms with E-state index in [1.807, 2.05) is 0 Å². The van der Waals surface area contributed by atoms with Gasteiger partial charge in [-0.1, -0.05) is 0 Å². The van der Waals surface area contributed by atoms with Crippen LogP contribution in [0.25, 0.3) is 0 Å². The third-order valence-corrected chi connectivity index (χ3v) is 3.76. The number of aryl methyl sites for hydroxylation is 2. The second-order valence-electron chi connectivity index (χ2n) is 3.42. The highest BCUT2D eigenvalue weighted by Crippen LogP contribution is 2.33. The van der Waals surface area contributed by atoms with Crippen molar-refractivity contribution in [3.8, 4) is 0 Å². The van der Waals surface area contributed by atoms with Crippen molar-refractivity contribution in [3.63, 3.8) is 0 Å².